The largest absolute Gasteiger partial charge is 0.494 e. The predicted molar refractivity (Wildman–Crippen MR) is 143 cm³/mol. The Hall–Kier alpha value is -4.68. The molecule has 40 heavy (non-hydrogen) atoms. The summed E-state index contributed by atoms with van der Waals surface area (Å²) >= 11 is 0. The van der Waals surface area contributed by atoms with E-state index in [1.165, 1.54) is 48.9 Å². The second kappa shape index (κ2) is 10.5. The molecule has 0 fully saturated rings. The molecule has 2 aromatic heterocycles. The monoisotopic (exact) mass is 567 g/mol. The number of nitrogens with zero attached hydrogens (tertiary/aromatic N) is 2. The number of nitrogens with one attached hydrogen (secondary N) is 1. The van der Waals surface area contributed by atoms with Crippen LogP contribution in [0.15, 0.2) is 110 Å². The van der Waals surface area contributed by atoms with Gasteiger partial charge in [0.25, 0.3) is 5.56 Å². The van der Waals surface area contributed by atoms with Crippen LogP contribution in [0, 0.1) is 0 Å². The van der Waals surface area contributed by atoms with Gasteiger partial charge in [0, 0.05) is 17.0 Å². The highest BCUT2D eigenvalue weighted by Gasteiger charge is 2.31. The Kier molecular flexibility index (Phi) is 7.04. The van der Waals surface area contributed by atoms with Gasteiger partial charge in [-0.3, -0.25) is 9.79 Å². The van der Waals surface area contributed by atoms with E-state index in [-0.39, 0.29) is 33.8 Å². The molecule has 5 rings (SSSR count). The number of hydrogen-bond acceptors (Lipinski definition) is 6. The molecule has 2 N–H and O–H groups in total. The molecule has 0 aliphatic carbocycles. The summed E-state index contributed by atoms with van der Waals surface area (Å²) in [6, 6.07) is 19.3. The van der Waals surface area contributed by atoms with Crippen molar-refractivity contribution in [1.82, 2.24) is 9.29 Å². The first-order chi connectivity index (χ1) is 19.0. The van der Waals surface area contributed by atoms with Gasteiger partial charge in [-0.25, -0.2) is 17.7 Å². The second-order valence-corrected chi connectivity index (χ2v) is 10.4. The number of furan rings is 1. The number of halogens is 3. The molecular weight excluding hydrogens is 547 g/mol. The van der Waals surface area contributed by atoms with Crippen LogP contribution in [0.3, 0.4) is 0 Å². The summed E-state index contributed by atoms with van der Waals surface area (Å²) in [6.07, 6.45) is -2.01. The highest BCUT2D eigenvalue weighted by Crippen LogP contribution is 2.32. The first-order valence-corrected chi connectivity index (χ1v) is 13.2. The maximum absolute atomic E-state index is 13.3. The molecule has 0 radical (unpaired) electrons. The molecule has 12 heteroatoms. The molecule has 0 saturated heterocycles. The van der Waals surface area contributed by atoms with Crippen LogP contribution in [-0.2, 0) is 22.7 Å². The number of sulfonamides is 1. The van der Waals surface area contributed by atoms with Crippen LogP contribution >= 0.6 is 0 Å². The van der Waals surface area contributed by atoms with Crippen molar-refractivity contribution in [3.05, 3.63) is 118 Å². The van der Waals surface area contributed by atoms with Gasteiger partial charge in [-0.1, -0.05) is 30.3 Å². The topological polar surface area (TPSA) is 114 Å². The third kappa shape index (κ3) is 5.40. The van der Waals surface area contributed by atoms with Crippen molar-refractivity contribution in [1.29, 1.82) is 0 Å². The van der Waals surface area contributed by atoms with E-state index in [4.69, 9.17) is 4.42 Å². The van der Waals surface area contributed by atoms with Gasteiger partial charge in [-0.05, 0) is 54.6 Å². The van der Waals surface area contributed by atoms with Gasteiger partial charge >= 0.3 is 6.18 Å². The number of benzene rings is 3. The number of aromatic hydroxyl groups is 1. The van der Waals surface area contributed by atoms with Crippen LogP contribution in [0.1, 0.15) is 16.9 Å². The summed E-state index contributed by atoms with van der Waals surface area (Å²) < 4.78 is 73.9. The predicted octanol–water partition coefficient (Wildman–Crippen LogP) is 5.54. The highest BCUT2D eigenvalue weighted by molar-refractivity contribution is 7.89. The fraction of sp³-hybridized carbons (Fsp3) is 0.0714. The molecule has 5 aromatic rings. The van der Waals surface area contributed by atoms with E-state index >= 15 is 0 Å². The molecular formula is C28H20F3N3O5S. The van der Waals surface area contributed by atoms with Gasteiger partial charge in [0.2, 0.25) is 15.9 Å². The maximum atomic E-state index is 13.3. The molecule has 0 saturated carbocycles. The molecule has 204 valence electrons. The summed E-state index contributed by atoms with van der Waals surface area (Å²) in [5.41, 5.74) is -1.63. The number of alkyl halides is 3. The van der Waals surface area contributed by atoms with Crippen molar-refractivity contribution in [2.45, 2.75) is 17.6 Å². The van der Waals surface area contributed by atoms with Crippen molar-refractivity contribution < 1.29 is 31.1 Å². The highest BCUT2D eigenvalue weighted by atomic mass is 32.2. The van der Waals surface area contributed by atoms with Crippen LogP contribution in [-0.4, -0.2) is 24.3 Å². The summed E-state index contributed by atoms with van der Waals surface area (Å²) in [7, 11) is -3.92. The van der Waals surface area contributed by atoms with E-state index in [0.29, 0.717) is 11.1 Å². The fourth-order valence-electron chi connectivity index (χ4n) is 4.08. The summed E-state index contributed by atoms with van der Waals surface area (Å²) in [5.74, 6) is -0.202. The molecule has 3 aromatic carbocycles. The van der Waals surface area contributed by atoms with Crippen LogP contribution in [0.2, 0.25) is 0 Å². The molecule has 2 heterocycles. The quantitative estimate of drug-likeness (QED) is 0.251. The van der Waals surface area contributed by atoms with Crippen LogP contribution in [0.5, 0.6) is 5.88 Å². The fourth-order valence-corrected chi connectivity index (χ4v) is 5.12. The van der Waals surface area contributed by atoms with Gasteiger partial charge < -0.3 is 9.52 Å². The Morgan fingerprint density at radius 2 is 1.70 bits per heavy atom. The summed E-state index contributed by atoms with van der Waals surface area (Å²) in [5, 5.41) is 11.6. The lowest BCUT2D eigenvalue weighted by molar-refractivity contribution is -0.137. The number of hydrogen-bond donors (Lipinski definition) is 2. The normalized spacial score (nSPS) is 12.4. The van der Waals surface area contributed by atoms with Gasteiger partial charge in [0.1, 0.15) is 5.76 Å². The molecule has 0 aliphatic rings. The maximum Gasteiger partial charge on any atom is 0.416 e. The average molecular weight is 568 g/mol. The minimum absolute atomic E-state index is 0.0526. The molecule has 0 atom stereocenters. The van der Waals surface area contributed by atoms with E-state index in [9.17, 15) is 31.5 Å². The smallest absolute Gasteiger partial charge is 0.416 e. The van der Waals surface area contributed by atoms with Crippen LogP contribution in [0.4, 0.5) is 18.9 Å². The van der Waals surface area contributed by atoms with Crippen molar-refractivity contribution in [3.8, 4) is 11.6 Å². The van der Waals surface area contributed by atoms with E-state index in [1.807, 2.05) is 0 Å². The van der Waals surface area contributed by atoms with E-state index in [0.717, 1.165) is 22.8 Å². The first kappa shape index (κ1) is 26.9. The molecule has 0 unspecified atom stereocenters. The molecule has 0 aliphatic heterocycles. The SMILES string of the molecule is O=c1c2ccccc2c(C=Nc2cccc(S(=O)(=O)NCc3ccco3)c2)c(O)n1-c1cccc(C(F)(F)F)c1. The Morgan fingerprint density at radius 1 is 0.950 bits per heavy atom. The van der Waals surface area contributed by atoms with Crippen molar-refractivity contribution in [3.63, 3.8) is 0 Å². The van der Waals surface area contributed by atoms with Gasteiger partial charge in [-0.2, -0.15) is 13.2 Å². The zero-order valence-corrected chi connectivity index (χ0v) is 21.3. The third-order valence-electron chi connectivity index (χ3n) is 6.02. The number of rotatable bonds is 7. The zero-order chi connectivity index (χ0) is 28.5. The van der Waals surface area contributed by atoms with Gasteiger partial charge in [-0.15, -0.1) is 0 Å². The Bertz CT molecular complexity index is 1900. The lowest BCUT2D eigenvalue weighted by atomic mass is 10.1. The summed E-state index contributed by atoms with van der Waals surface area (Å²) in [6.45, 7) is -0.0558. The van der Waals surface area contributed by atoms with E-state index in [2.05, 4.69) is 9.71 Å². The molecule has 8 nitrogen and oxygen atoms in total. The van der Waals surface area contributed by atoms with Crippen molar-refractivity contribution in [2.75, 3.05) is 0 Å². The van der Waals surface area contributed by atoms with Gasteiger partial charge in [0.15, 0.2) is 0 Å². The lowest BCUT2D eigenvalue weighted by Crippen LogP contribution is -2.22. The van der Waals surface area contributed by atoms with E-state index in [1.54, 1.807) is 30.3 Å². The standard InChI is InChI=1S/C28H20F3N3O5S/c29-28(30,31)18-6-3-8-20(14-18)34-26(35)24-12-2-1-11-23(24)25(27(34)36)17-32-19-7-4-10-22(15-19)40(37,38)33-16-21-9-5-13-39-21/h1-15,17,33,36H,16H2. The first-order valence-electron chi connectivity index (χ1n) is 11.7. The second-order valence-electron chi connectivity index (χ2n) is 8.63. The zero-order valence-electron chi connectivity index (χ0n) is 20.5. The number of pyridine rings is 1. The van der Waals surface area contributed by atoms with Crippen molar-refractivity contribution >= 4 is 32.7 Å². The lowest BCUT2D eigenvalue weighted by Gasteiger charge is -2.15. The van der Waals surface area contributed by atoms with Crippen LogP contribution in [0.25, 0.3) is 16.5 Å². The molecule has 0 bridgehead atoms. The molecule has 0 amide bonds. The Morgan fingerprint density at radius 3 is 2.42 bits per heavy atom. The molecule has 0 spiro atoms. The third-order valence-corrected chi connectivity index (χ3v) is 7.42. The average Bonchev–Trinajstić information content (AvgIpc) is 3.46. The Balaban J connectivity index is 1.56. The Labute approximate surface area is 225 Å². The minimum Gasteiger partial charge on any atom is -0.494 e. The van der Waals surface area contributed by atoms with E-state index < -0.39 is 33.2 Å². The van der Waals surface area contributed by atoms with Crippen LogP contribution < -0.4 is 10.3 Å². The number of aliphatic imine (C=N–C) groups is 1. The van der Waals surface area contributed by atoms with Gasteiger partial charge in [0.05, 0.1) is 40.2 Å². The summed E-state index contributed by atoms with van der Waals surface area (Å²) in [4.78, 5) is 17.5. The number of aromatic nitrogens is 1. The number of fused-ring (bicyclic) bond motifs is 1. The minimum atomic E-state index is -4.66. The van der Waals surface area contributed by atoms with Crippen molar-refractivity contribution in [2.24, 2.45) is 4.99 Å².